The maximum Gasteiger partial charge on any atom is 0.573 e. The number of methoxy groups -OCH3 is 1. The minimum Gasteiger partial charge on any atom is -0.494 e. The number of para-hydroxylation sites is 3. The molecule has 2 rings (SSSR count). The van der Waals surface area contributed by atoms with Crippen molar-refractivity contribution >= 4 is 5.69 Å². The molecule has 0 unspecified atom stereocenters. The second kappa shape index (κ2) is 5.82. The smallest absolute Gasteiger partial charge is 0.494 e. The molecule has 0 aromatic heterocycles. The van der Waals surface area contributed by atoms with Crippen LogP contribution in [0.1, 0.15) is 0 Å². The Balaban J connectivity index is 2.32. The largest absolute Gasteiger partial charge is 0.573 e. The van der Waals surface area contributed by atoms with Gasteiger partial charge in [0.05, 0.1) is 7.11 Å². The minimum absolute atomic E-state index is 0.102. The Bertz CT molecular complexity index is 629. The Kier molecular flexibility index (Phi) is 4.11. The number of nitrogen functional groups attached to an aromatic ring is 1. The van der Waals surface area contributed by atoms with Crippen molar-refractivity contribution < 1.29 is 27.4 Å². The second-order valence-corrected chi connectivity index (χ2v) is 3.97. The molecule has 0 bridgehead atoms. The Labute approximate surface area is 118 Å². The summed E-state index contributed by atoms with van der Waals surface area (Å²) in [5.74, 6) is -0.0173. The van der Waals surface area contributed by atoms with Crippen molar-refractivity contribution in [2.75, 3.05) is 12.8 Å². The number of hydrogen-bond donors (Lipinski definition) is 1. The first-order valence-corrected chi connectivity index (χ1v) is 5.86. The fraction of sp³-hybridized carbons (Fsp3) is 0.143. The normalized spacial score (nSPS) is 11.0. The van der Waals surface area contributed by atoms with Gasteiger partial charge < -0.3 is 19.9 Å². The molecule has 0 amide bonds. The van der Waals surface area contributed by atoms with Crippen LogP contribution in [0, 0.1) is 0 Å². The third-order valence-corrected chi connectivity index (χ3v) is 2.54. The lowest BCUT2D eigenvalue weighted by molar-refractivity contribution is -0.275. The first kappa shape index (κ1) is 14.8. The molecule has 0 radical (unpaired) electrons. The predicted molar refractivity (Wildman–Crippen MR) is 70.6 cm³/mol. The van der Waals surface area contributed by atoms with E-state index in [1.807, 2.05) is 0 Å². The Morgan fingerprint density at radius 2 is 1.43 bits per heavy atom. The second-order valence-electron chi connectivity index (χ2n) is 3.97. The molecular formula is C14H12F3NO3. The molecule has 7 heteroatoms. The van der Waals surface area contributed by atoms with E-state index < -0.39 is 12.1 Å². The number of nitrogens with two attached hydrogens (primary N) is 1. The van der Waals surface area contributed by atoms with E-state index in [0.29, 0.717) is 5.75 Å². The molecule has 0 heterocycles. The van der Waals surface area contributed by atoms with Gasteiger partial charge in [0.15, 0.2) is 17.2 Å². The standard InChI is InChI=1S/C14H12F3NO3/c1-19-11-7-4-8-12(13(11)18)20-9-5-2-3-6-10(9)21-14(15,16)17/h2-8H,18H2,1H3. The average molecular weight is 299 g/mol. The maximum absolute atomic E-state index is 12.3. The number of halogens is 3. The summed E-state index contributed by atoms with van der Waals surface area (Å²) in [5.41, 5.74) is 5.99. The molecule has 0 atom stereocenters. The molecule has 21 heavy (non-hydrogen) atoms. The molecule has 112 valence electrons. The van der Waals surface area contributed by atoms with Crippen molar-refractivity contribution in [2.24, 2.45) is 0 Å². The van der Waals surface area contributed by atoms with Gasteiger partial charge >= 0.3 is 6.36 Å². The lowest BCUT2D eigenvalue weighted by Crippen LogP contribution is -2.17. The summed E-state index contributed by atoms with van der Waals surface area (Å²) >= 11 is 0. The minimum atomic E-state index is -4.81. The third-order valence-electron chi connectivity index (χ3n) is 2.54. The monoisotopic (exact) mass is 299 g/mol. The quantitative estimate of drug-likeness (QED) is 0.868. The van der Waals surface area contributed by atoms with Gasteiger partial charge in [0.1, 0.15) is 11.4 Å². The lowest BCUT2D eigenvalue weighted by atomic mass is 10.2. The molecule has 0 aliphatic heterocycles. The van der Waals surface area contributed by atoms with Gasteiger partial charge in [-0.1, -0.05) is 18.2 Å². The zero-order valence-corrected chi connectivity index (χ0v) is 11.0. The van der Waals surface area contributed by atoms with E-state index in [-0.39, 0.29) is 17.2 Å². The highest BCUT2D eigenvalue weighted by Crippen LogP contribution is 2.39. The fourth-order valence-electron chi connectivity index (χ4n) is 1.65. The number of alkyl halides is 3. The summed E-state index contributed by atoms with van der Waals surface area (Å²) in [6.07, 6.45) is -4.81. The Morgan fingerprint density at radius 3 is 2.05 bits per heavy atom. The van der Waals surface area contributed by atoms with Gasteiger partial charge in [0.2, 0.25) is 0 Å². The number of hydrogen-bond acceptors (Lipinski definition) is 4. The van der Waals surface area contributed by atoms with Crippen molar-refractivity contribution in [3.8, 4) is 23.0 Å². The molecule has 0 saturated carbocycles. The third kappa shape index (κ3) is 3.71. The SMILES string of the molecule is COc1cccc(Oc2ccccc2OC(F)(F)F)c1N. The van der Waals surface area contributed by atoms with Gasteiger partial charge in [-0.15, -0.1) is 13.2 Å². The van der Waals surface area contributed by atoms with Gasteiger partial charge in [-0.2, -0.15) is 0 Å². The predicted octanol–water partition coefficient (Wildman–Crippen LogP) is 3.97. The summed E-state index contributed by atoms with van der Waals surface area (Å²) in [4.78, 5) is 0. The highest BCUT2D eigenvalue weighted by molar-refractivity contribution is 5.64. The van der Waals surface area contributed by atoms with Gasteiger partial charge in [0.25, 0.3) is 0 Å². The first-order valence-electron chi connectivity index (χ1n) is 5.86. The maximum atomic E-state index is 12.3. The van der Waals surface area contributed by atoms with Crippen LogP contribution in [0.2, 0.25) is 0 Å². The van der Waals surface area contributed by atoms with Crippen LogP contribution in [0.5, 0.6) is 23.0 Å². The van der Waals surface area contributed by atoms with Gasteiger partial charge in [-0.25, -0.2) is 0 Å². The molecule has 2 aromatic rings. The summed E-state index contributed by atoms with van der Waals surface area (Å²) in [7, 11) is 1.43. The summed E-state index contributed by atoms with van der Waals surface area (Å²) < 4.78 is 51.3. The van der Waals surface area contributed by atoms with E-state index in [4.69, 9.17) is 15.2 Å². The van der Waals surface area contributed by atoms with Gasteiger partial charge in [-0.05, 0) is 24.3 Å². The highest BCUT2D eigenvalue weighted by atomic mass is 19.4. The number of rotatable bonds is 4. The van der Waals surface area contributed by atoms with Crippen LogP contribution in [0.3, 0.4) is 0 Å². The van der Waals surface area contributed by atoms with Gasteiger partial charge in [0, 0.05) is 0 Å². The molecule has 0 saturated heterocycles. The van der Waals surface area contributed by atoms with Crippen molar-refractivity contribution in [1.29, 1.82) is 0 Å². The molecule has 0 fully saturated rings. The number of benzene rings is 2. The van der Waals surface area contributed by atoms with E-state index in [1.165, 1.54) is 31.4 Å². The van der Waals surface area contributed by atoms with E-state index in [9.17, 15) is 13.2 Å². The molecule has 2 N–H and O–H groups in total. The fourth-order valence-corrected chi connectivity index (χ4v) is 1.65. The number of ether oxygens (including phenoxy) is 3. The van der Waals surface area contributed by atoms with Crippen LogP contribution in [-0.2, 0) is 0 Å². The molecule has 4 nitrogen and oxygen atoms in total. The average Bonchev–Trinajstić information content (AvgIpc) is 2.41. The van der Waals surface area contributed by atoms with E-state index in [1.54, 1.807) is 12.1 Å². The first-order chi connectivity index (χ1) is 9.90. The molecule has 0 aliphatic rings. The molecule has 0 aliphatic carbocycles. The van der Waals surface area contributed by atoms with Crippen LogP contribution in [0.4, 0.5) is 18.9 Å². The van der Waals surface area contributed by atoms with Crippen LogP contribution in [-0.4, -0.2) is 13.5 Å². The topological polar surface area (TPSA) is 53.7 Å². The van der Waals surface area contributed by atoms with Crippen molar-refractivity contribution in [3.63, 3.8) is 0 Å². The molecular weight excluding hydrogens is 287 g/mol. The van der Waals surface area contributed by atoms with Crippen LogP contribution >= 0.6 is 0 Å². The zero-order chi connectivity index (χ0) is 15.5. The van der Waals surface area contributed by atoms with Crippen LogP contribution in [0.25, 0.3) is 0 Å². The Hall–Kier alpha value is -2.57. The van der Waals surface area contributed by atoms with Crippen LogP contribution in [0.15, 0.2) is 42.5 Å². The molecule has 0 spiro atoms. The highest BCUT2D eigenvalue weighted by Gasteiger charge is 2.32. The van der Waals surface area contributed by atoms with Crippen molar-refractivity contribution in [3.05, 3.63) is 42.5 Å². The van der Waals surface area contributed by atoms with Crippen molar-refractivity contribution in [1.82, 2.24) is 0 Å². The summed E-state index contributed by atoms with van der Waals surface area (Å²) in [6, 6.07) is 10.2. The van der Waals surface area contributed by atoms with Gasteiger partial charge in [-0.3, -0.25) is 0 Å². The summed E-state index contributed by atoms with van der Waals surface area (Å²) in [6.45, 7) is 0. The van der Waals surface area contributed by atoms with Crippen LogP contribution < -0.4 is 19.9 Å². The van der Waals surface area contributed by atoms with E-state index >= 15 is 0 Å². The zero-order valence-electron chi connectivity index (χ0n) is 11.0. The van der Waals surface area contributed by atoms with Crippen molar-refractivity contribution in [2.45, 2.75) is 6.36 Å². The Morgan fingerprint density at radius 1 is 0.857 bits per heavy atom. The lowest BCUT2D eigenvalue weighted by Gasteiger charge is -2.15. The van der Waals surface area contributed by atoms with E-state index in [2.05, 4.69) is 4.74 Å². The summed E-state index contributed by atoms with van der Waals surface area (Å²) in [5, 5.41) is 0. The molecule has 2 aromatic carbocycles. The number of anilines is 1. The van der Waals surface area contributed by atoms with E-state index in [0.717, 1.165) is 6.07 Å².